The number of nitrogens with zero attached hydrogens (tertiary/aromatic N) is 3. The minimum absolute atomic E-state index is 0.0928. The van der Waals surface area contributed by atoms with Crippen molar-refractivity contribution in [2.75, 3.05) is 38.0 Å². The molecule has 0 radical (unpaired) electrons. The van der Waals surface area contributed by atoms with Crippen molar-refractivity contribution in [1.29, 1.82) is 0 Å². The molecule has 0 aliphatic carbocycles. The molecule has 134 valence electrons. The molecule has 1 fully saturated rings. The highest BCUT2D eigenvalue weighted by Gasteiger charge is 2.20. The van der Waals surface area contributed by atoms with Crippen LogP contribution in [0.25, 0.3) is 0 Å². The van der Waals surface area contributed by atoms with Crippen LogP contribution in [0.3, 0.4) is 0 Å². The number of benzene rings is 1. The van der Waals surface area contributed by atoms with E-state index in [0.29, 0.717) is 22.3 Å². The van der Waals surface area contributed by atoms with Crippen LogP contribution in [-0.4, -0.2) is 53.6 Å². The number of hydrogen-bond donors (Lipinski definition) is 1. The van der Waals surface area contributed by atoms with Crippen molar-refractivity contribution in [3.63, 3.8) is 0 Å². The van der Waals surface area contributed by atoms with Crippen LogP contribution in [-0.2, 0) is 11.3 Å². The third-order valence-electron chi connectivity index (χ3n) is 4.12. The quantitative estimate of drug-likeness (QED) is 0.860. The van der Waals surface area contributed by atoms with Crippen molar-refractivity contribution in [3.05, 3.63) is 45.8 Å². The van der Waals surface area contributed by atoms with Gasteiger partial charge in [-0.2, -0.15) is 0 Å². The molecule has 1 amide bonds. The third-order valence-corrected chi connectivity index (χ3v) is 4.94. The summed E-state index contributed by atoms with van der Waals surface area (Å²) in [6, 6.07) is 7.14. The number of carbonyl (C=O) groups is 1. The van der Waals surface area contributed by atoms with E-state index in [1.807, 2.05) is 13.0 Å². The Morgan fingerprint density at radius 1 is 1.24 bits per heavy atom. The SMILES string of the molecule is Cc1cc(CN2CCN(CC(=O)Nc3cccc(Cl)c3Cl)CC2)no1. The van der Waals surface area contributed by atoms with Gasteiger partial charge in [0.1, 0.15) is 5.76 Å². The largest absolute Gasteiger partial charge is 0.361 e. The first-order valence-corrected chi connectivity index (χ1v) is 8.87. The number of aromatic nitrogens is 1. The van der Waals surface area contributed by atoms with Gasteiger partial charge in [0.05, 0.1) is 28.0 Å². The van der Waals surface area contributed by atoms with Gasteiger partial charge in [0.2, 0.25) is 5.91 Å². The molecule has 0 saturated carbocycles. The first-order chi connectivity index (χ1) is 12.0. The first kappa shape index (κ1) is 18.2. The molecule has 1 aromatic heterocycles. The van der Waals surface area contributed by atoms with Gasteiger partial charge < -0.3 is 9.84 Å². The molecule has 0 spiro atoms. The highest BCUT2D eigenvalue weighted by Crippen LogP contribution is 2.29. The van der Waals surface area contributed by atoms with Crippen molar-refractivity contribution >= 4 is 34.8 Å². The predicted molar refractivity (Wildman–Crippen MR) is 98.0 cm³/mol. The summed E-state index contributed by atoms with van der Waals surface area (Å²) in [6.45, 7) is 6.42. The average Bonchev–Trinajstić information content (AvgIpc) is 2.99. The lowest BCUT2D eigenvalue weighted by Gasteiger charge is -2.33. The summed E-state index contributed by atoms with van der Waals surface area (Å²) in [4.78, 5) is 16.7. The molecule has 3 rings (SSSR count). The predicted octanol–water partition coefficient (Wildman–Crippen LogP) is 3.05. The van der Waals surface area contributed by atoms with E-state index in [-0.39, 0.29) is 5.91 Å². The van der Waals surface area contributed by atoms with Crippen molar-refractivity contribution in [1.82, 2.24) is 15.0 Å². The topological polar surface area (TPSA) is 61.6 Å². The van der Waals surface area contributed by atoms with E-state index >= 15 is 0 Å². The van der Waals surface area contributed by atoms with Gasteiger partial charge in [-0.05, 0) is 19.1 Å². The second kappa shape index (κ2) is 8.19. The smallest absolute Gasteiger partial charge is 0.238 e. The molecular formula is C17H20Cl2N4O2. The lowest BCUT2D eigenvalue weighted by Crippen LogP contribution is -2.48. The van der Waals surface area contributed by atoms with Crippen LogP contribution in [0.2, 0.25) is 10.0 Å². The number of anilines is 1. The number of rotatable bonds is 5. The molecule has 8 heteroatoms. The maximum absolute atomic E-state index is 12.2. The normalized spacial score (nSPS) is 16.1. The second-order valence-electron chi connectivity index (χ2n) is 6.13. The molecular weight excluding hydrogens is 363 g/mol. The van der Waals surface area contributed by atoms with Crippen molar-refractivity contribution < 1.29 is 9.32 Å². The molecule has 1 aliphatic rings. The third kappa shape index (κ3) is 4.95. The van der Waals surface area contributed by atoms with Gasteiger partial charge in [0.25, 0.3) is 0 Å². The van der Waals surface area contributed by atoms with Gasteiger partial charge in [-0.1, -0.05) is 34.4 Å². The van der Waals surface area contributed by atoms with E-state index in [0.717, 1.165) is 44.2 Å². The van der Waals surface area contributed by atoms with E-state index in [9.17, 15) is 4.79 Å². The van der Waals surface area contributed by atoms with Crippen LogP contribution in [0.15, 0.2) is 28.8 Å². The lowest BCUT2D eigenvalue weighted by molar-refractivity contribution is -0.117. The molecule has 6 nitrogen and oxygen atoms in total. The molecule has 0 unspecified atom stereocenters. The first-order valence-electron chi connectivity index (χ1n) is 8.12. The van der Waals surface area contributed by atoms with Gasteiger partial charge in [-0.3, -0.25) is 14.6 Å². The average molecular weight is 383 g/mol. The molecule has 0 bridgehead atoms. The Balaban J connectivity index is 1.45. The second-order valence-corrected chi connectivity index (χ2v) is 6.92. The summed E-state index contributed by atoms with van der Waals surface area (Å²) >= 11 is 12.1. The fraction of sp³-hybridized carbons (Fsp3) is 0.412. The van der Waals surface area contributed by atoms with Crippen molar-refractivity contribution in [3.8, 4) is 0 Å². The molecule has 2 heterocycles. The summed E-state index contributed by atoms with van der Waals surface area (Å²) in [5.74, 6) is 0.731. The van der Waals surface area contributed by atoms with Gasteiger partial charge >= 0.3 is 0 Å². The summed E-state index contributed by atoms with van der Waals surface area (Å²) in [5, 5.41) is 7.63. The number of piperazine rings is 1. The molecule has 1 aromatic carbocycles. The Bertz CT molecular complexity index is 742. The Labute approximate surface area is 156 Å². The van der Waals surface area contributed by atoms with Crippen LogP contribution in [0, 0.1) is 6.92 Å². The van der Waals surface area contributed by atoms with E-state index in [2.05, 4.69) is 20.3 Å². The van der Waals surface area contributed by atoms with Gasteiger partial charge in [-0.25, -0.2) is 0 Å². The van der Waals surface area contributed by atoms with Crippen LogP contribution < -0.4 is 5.32 Å². The Morgan fingerprint density at radius 2 is 1.96 bits per heavy atom. The van der Waals surface area contributed by atoms with E-state index < -0.39 is 0 Å². The van der Waals surface area contributed by atoms with Crippen molar-refractivity contribution in [2.45, 2.75) is 13.5 Å². The van der Waals surface area contributed by atoms with E-state index in [1.165, 1.54) is 0 Å². The number of halogens is 2. The molecule has 0 atom stereocenters. The molecule has 1 saturated heterocycles. The van der Waals surface area contributed by atoms with Crippen molar-refractivity contribution in [2.24, 2.45) is 0 Å². The fourth-order valence-corrected chi connectivity index (χ4v) is 3.17. The minimum atomic E-state index is -0.0928. The molecule has 25 heavy (non-hydrogen) atoms. The molecule has 1 aliphatic heterocycles. The Hall–Kier alpha value is -1.60. The van der Waals surface area contributed by atoms with Crippen LogP contribution in [0.1, 0.15) is 11.5 Å². The van der Waals surface area contributed by atoms with Gasteiger partial charge in [0, 0.05) is 38.8 Å². The fourth-order valence-electron chi connectivity index (χ4n) is 2.82. The zero-order valence-electron chi connectivity index (χ0n) is 14.0. The maximum atomic E-state index is 12.2. The highest BCUT2D eigenvalue weighted by atomic mass is 35.5. The zero-order chi connectivity index (χ0) is 17.8. The van der Waals surface area contributed by atoms with Gasteiger partial charge in [0.15, 0.2) is 0 Å². The van der Waals surface area contributed by atoms with Crippen LogP contribution >= 0.6 is 23.2 Å². The monoisotopic (exact) mass is 382 g/mol. The minimum Gasteiger partial charge on any atom is -0.361 e. The van der Waals surface area contributed by atoms with E-state index in [1.54, 1.807) is 18.2 Å². The lowest BCUT2D eigenvalue weighted by atomic mass is 10.2. The van der Waals surface area contributed by atoms with E-state index in [4.69, 9.17) is 27.7 Å². The number of amides is 1. The number of carbonyl (C=O) groups excluding carboxylic acids is 1. The zero-order valence-corrected chi connectivity index (χ0v) is 15.5. The van der Waals surface area contributed by atoms with Gasteiger partial charge in [-0.15, -0.1) is 0 Å². The maximum Gasteiger partial charge on any atom is 0.238 e. The summed E-state index contributed by atoms with van der Waals surface area (Å²) < 4.78 is 5.09. The van der Waals surface area contributed by atoms with Crippen LogP contribution in [0.5, 0.6) is 0 Å². The standard InChI is InChI=1S/C17H20Cl2N4O2/c1-12-9-13(21-25-12)10-22-5-7-23(8-6-22)11-16(24)20-15-4-2-3-14(18)17(15)19/h2-4,9H,5-8,10-11H2,1H3,(H,20,24). The summed E-state index contributed by atoms with van der Waals surface area (Å²) in [5.41, 5.74) is 1.48. The molecule has 1 N–H and O–H groups in total. The summed E-state index contributed by atoms with van der Waals surface area (Å²) in [6.07, 6.45) is 0. The van der Waals surface area contributed by atoms with Crippen LogP contribution in [0.4, 0.5) is 5.69 Å². The summed E-state index contributed by atoms with van der Waals surface area (Å²) in [7, 11) is 0. The molecule has 2 aromatic rings. The Kier molecular flexibility index (Phi) is 5.96. The highest BCUT2D eigenvalue weighted by molar-refractivity contribution is 6.43. The number of hydrogen-bond acceptors (Lipinski definition) is 5. The number of nitrogens with one attached hydrogen (secondary N) is 1. The Morgan fingerprint density at radius 3 is 2.64 bits per heavy atom. The number of aryl methyl sites for hydroxylation is 1.